The van der Waals surface area contributed by atoms with Crippen LogP contribution in [-0.2, 0) is 14.3 Å². The zero-order chi connectivity index (χ0) is 15.1. The fraction of sp³-hybridized carbons (Fsp3) is 0.867. The van der Waals surface area contributed by atoms with Crippen molar-refractivity contribution in [2.24, 2.45) is 16.8 Å². The van der Waals surface area contributed by atoms with Crippen molar-refractivity contribution in [3.63, 3.8) is 0 Å². The number of methoxy groups -OCH3 is 1. The molecule has 1 aliphatic carbocycles. The highest BCUT2D eigenvalue weighted by atomic mass is 127. The molecule has 7 heteroatoms. The van der Waals surface area contributed by atoms with Gasteiger partial charge in [-0.1, -0.05) is 0 Å². The van der Waals surface area contributed by atoms with Crippen LogP contribution >= 0.6 is 24.0 Å². The zero-order valence-corrected chi connectivity index (χ0v) is 15.9. The van der Waals surface area contributed by atoms with Gasteiger partial charge in [-0.15, -0.1) is 24.0 Å². The summed E-state index contributed by atoms with van der Waals surface area (Å²) in [6, 6.07) is 0. The lowest BCUT2D eigenvalue weighted by Gasteiger charge is -2.33. The Morgan fingerprint density at radius 3 is 2.50 bits per heavy atom. The van der Waals surface area contributed by atoms with Gasteiger partial charge in [-0.25, -0.2) is 0 Å². The highest BCUT2D eigenvalue weighted by molar-refractivity contribution is 14.0. The molecule has 0 aromatic rings. The number of carbonyl (C=O) groups excluding carboxylic acids is 1. The SMILES string of the molecule is CN=C(NCCOCC1CC1)N1CCC(C(=O)OC)CC1.I. The van der Waals surface area contributed by atoms with Crippen molar-refractivity contribution < 1.29 is 14.3 Å². The summed E-state index contributed by atoms with van der Waals surface area (Å²) < 4.78 is 10.4. The third-order valence-corrected chi connectivity index (χ3v) is 4.12. The molecule has 0 aromatic carbocycles. The maximum atomic E-state index is 11.5. The van der Waals surface area contributed by atoms with Crippen LogP contribution in [0.25, 0.3) is 0 Å². The first-order valence-corrected chi connectivity index (χ1v) is 7.85. The summed E-state index contributed by atoms with van der Waals surface area (Å²) in [5.74, 6) is 1.65. The number of nitrogens with one attached hydrogen (secondary N) is 1. The van der Waals surface area contributed by atoms with Gasteiger partial charge in [0.15, 0.2) is 5.96 Å². The lowest BCUT2D eigenvalue weighted by molar-refractivity contribution is -0.146. The summed E-state index contributed by atoms with van der Waals surface area (Å²) in [5, 5.41) is 3.33. The molecule has 2 aliphatic rings. The van der Waals surface area contributed by atoms with E-state index in [0.29, 0.717) is 6.61 Å². The second kappa shape index (κ2) is 10.3. The Bertz CT molecular complexity index is 367. The van der Waals surface area contributed by atoms with E-state index < -0.39 is 0 Å². The van der Waals surface area contributed by atoms with E-state index >= 15 is 0 Å². The predicted octanol–water partition coefficient (Wildman–Crippen LogP) is 1.49. The molecule has 6 nitrogen and oxygen atoms in total. The minimum Gasteiger partial charge on any atom is -0.469 e. The van der Waals surface area contributed by atoms with Gasteiger partial charge in [-0.05, 0) is 31.6 Å². The number of hydrogen-bond donors (Lipinski definition) is 1. The molecule has 128 valence electrons. The first-order valence-electron chi connectivity index (χ1n) is 7.85. The Morgan fingerprint density at radius 2 is 1.95 bits per heavy atom. The molecule has 2 fully saturated rings. The molecule has 1 saturated carbocycles. The number of ether oxygens (including phenoxy) is 2. The van der Waals surface area contributed by atoms with E-state index in [1.807, 2.05) is 0 Å². The summed E-state index contributed by atoms with van der Waals surface area (Å²) >= 11 is 0. The van der Waals surface area contributed by atoms with E-state index in [-0.39, 0.29) is 35.9 Å². The Hall–Kier alpha value is -0.570. The second-order valence-electron chi connectivity index (χ2n) is 5.78. The zero-order valence-electron chi connectivity index (χ0n) is 13.5. The molecule has 0 amide bonds. The third-order valence-electron chi connectivity index (χ3n) is 4.12. The molecular weight excluding hydrogens is 397 g/mol. The van der Waals surface area contributed by atoms with Crippen molar-refractivity contribution in [3.05, 3.63) is 0 Å². The number of rotatable bonds is 6. The minimum absolute atomic E-state index is 0. The van der Waals surface area contributed by atoms with E-state index in [4.69, 9.17) is 9.47 Å². The smallest absolute Gasteiger partial charge is 0.308 e. The summed E-state index contributed by atoms with van der Waals surface area (Å²) in [5.41, 5.74) is 0. The van der Waals surface area contributed by atoms with E-state index in [1.165, 1.54) is 20.0 Å². The van der Waals surface area contributed by atoms with Gasteiger partial charge < -0.3 is 19.7 Å². The number of nitrogens with zero attached hydrogens (tertiary/aromatic N) is 2. The first kappa shape index (κ1) is 19.5. The minimum atomic E-state index is -0.0916. The van der Waals surface area contributed by atoms with Crippen LogP contribution in [0.1, 0.15) is 25.7 Å². The van der Waals surface area contributed by atoms with Gasteiger partial charge >= 0.3 is 5.97 Å². The number of halogens is 1. The number of likely N-dealkylation sites (tertiary alicyclic amines) is 1. The predicted molar refractivity (Wildman–Crippen MR) is 96.6 cm³/mol. The van der Waals surface area contributed by atoms with Crippen molar-refractivity contribution in [1.29, 1.82) is 0 Å². The molecule has 0 radical (unpaired) electrons. The first-order chi connectivity index (χ1) is 10.2. The summed E-state index contributed by atoms with van der Waals surface area (Å²) in [6.07, 6.45) is 4.30. The normalized spacial score (nSPS) is 19.5. The van der Waals surface area contributed by atoms with Crippen LogP contribution in [0.5, 0.6) is 0 Å². The van der Waals surface area contributed by atoms with Crippen LogP contribution in [0.3, 0.4) is 0 Å². The molecule has 1 aliphatic heterocycles. The van der Waals surface area contributed by atoms with Crippen LogP contribution in [0.2, 0.25) is 0 Å². The highest BCUT2D eigenvalue weighted by Gasteiger charge is 2.26. The van der Waals surface area contributed by atoms with E-state index in [1.54, 1.807) is 7.05 Å². The van der Waals surface area contributed by atoms with E-state index in [0.717, 1.165) is 51.0 Å². The van der Waals surface area contributed by atoms with Crippen LogP contribution in [0.15, 0.2) is 4.99 Å². The number of hydrogen-bond acceptors (Lipinski definition) is 4. The maximum Gasteiger partial charge on any atom is 0.308 e. The Balaban J connectivity index is 0.00000242. The molecule has 0 bridgehead atoms. The third kappa shape index (κ3) is 6.28. The quantitative estimate of drug-likeness (QED) is 0.230. The molecule has 1 N–H and O–H groups in total. The van der Waals surface area contributed by atoms with Gasteiger partial charge in [0.05, 0.1) is 19.6 Å². The van der Waals surface area contributed by atoms with E-state index in [2.05, 4.69) is 15.2 Å². The van der Waals surface area contributed by atoms with Gasteiger partial charge in [0, 0.05) is 33.3 Å². The largest absolute Gasteiger partial charge is 0.469 e. The van der Waals surface area contributed by atoms with Gasteiger partial charge in [-0.2, -0.15) is 0 Å². The molecule has 1 heterocycles. The van der Waals surface area contributed by atoms with Crippen molar-refractivity contribution in [1.82, 2.24) is 10.2 Å². The number of esters is 1. The van der Waals surface area contributed by atoms with Gasteiger partial charge in [0.1, 0.15) is 0 Å². The Morgan fingerprint density at radius 1 is 1.27 bits per heavy atom. The van der Waals surface area contributed by atoms with Crippen molar-refractivity contribution in [2.45, 2.75) is 25.7 Å². The molecule has 2 rings (SSSR count). The van der Waals surface area contributed by atoms with Gasteiger partial charge in [0.25, 0.3) is 0 Å². The topological polar surface area (TPSA) is 63.2 Å². The summed E-state index contributed by atoms with van der Waals surface area (Å²) in [4.78, 5) is 18.0. The number of aliphatic imine (C=N–C) groups is 1. The summed E-state index contributed by atoms with van der Waals surface area (Å²) in [7, 11) is 3.25. The fourth-order valence-corrected chi connectivity index (χ4v) is 2.60. The van der Waals surface area contributed by atoms with E-state index in [9.17, 15) is 4.79 Å². The maximum absolute atomic E-state index is 11.5. The number of guanidine groups is 1. The molecule has 0 atom stereocenters. The van der Waals surface area contributed by atoms with Crippen LogP contribution in [0, 0.1) is 11.8 Å². The molecule has 22 heavy (non-hydrogen) atoms. The van der Waals surface area contributed by atoms with Crippen LogP contribution in [0.4, 0.5) is 0 Å². The van der Waals surface area contributed by atoms with Crippen molar-refractivity contribution in [2.75, 3.05) is 47.0 Å². The van der Waals surface area contributed by atoms with Crippen LogP contribution < -0.4 is 5.32 Å². The number of piperidine rings is 1. The lowest BCUT2D eigenvalue weighted by Crippen LogP contribution is -2.47. The standard InChI is InChI=1S/C15H27N3O3.HI/c1-16-15(17-7-10-21-11-12-3-4-12)18-8-5-13(6-9-18)14(19)20-2;/h12-13H,3-11H2,1-2H3,(H,16,17);1H. The van der Waals surface area contributed by atoms with Gasteiger partial charge in [0.2, 0.25) is 0 Å². The van der Waals surface area contributed by atoms with Crippen LogP contribution in [-0.4, -0.2) is 63.8 Å². The van der Waals surface area contributed by atoms with Crippen molar-refractivity contribution >= 4 is 35.9 Å². The fourth-order valence-electron chi connectivity index (χ4n) is 2.60. The highest BCUT2D eigenvalue weighted by Crippen LogP contribution is 2.28. The molecule has 0 aromatic heterocycles. The lowest BCUT2D eigenvalue weighted by atomic mass is 9.97. The molecule has 0 unspecified atom stereocenters. The summed E-state index contributed by atoms with van der Waals surface area (Å²) in [6.45, 7) is 4.06. The monoisotopic (exact) mass is 425 g/mol. The molecule has 0 spiro atoms. The van der Waals surface area contributed by atoms with Crippen molar-refractivity contribution in [3.8, 4) is 0 Å². The average molecular weight is 425 g/mol. The molecule has 1 saturated heterocycles. The van der Waals surface area contributed by atoms with Gasteiger partial charge in [-0.3, -0.25) is 9.79 Å². The Labute approximate surface area is 150 Å². The second-order valence-corrected chi connectivity index (χ2v) is 5.78. The molecular formula is C15H28IN3O3. The Kier molecular flexibility index (Phi) is 9.08. The number of carbonyl (C=O) groups is 1. The average Bonchev–Trinajstić information content (AvgIpc) is 3.34.